The predicted molar refractivity (Wildman–Crippen MR) is 76.2 cm³/mol. The molecule has 0 N–H and O–H groups in total. The molecule has 88 valence electrons. The molecule has 0 bridgehead atoms. The van der Waals surface area contributed by atoms with Gasteiger partial charge in [-0.3, -0.25) is 4.79 Å². The van der Waals surface area contributed by atoms with E-state index in [1.807, 2.05) is 31.4 Å². The minimum Gasteiger partial charge on any atom is -0.289 e. The highest BCUT2D eigenvalue weighted by atomic mass is 32.1. The fourth-order valence-electron chi connectivity index (χ4n) is 1.67. The molecule has 0 aliphatic heterocycles. The molecule has 2 aromatic rings. The number of hydrogen-bond acceptors (Lipinski definition) is 3. The van der Waals surface area contributed by atoms with Crippen LogP contribution in [0.1, 0.15) is 30.6 Å². The zero-order chi connectivity index (χ0) is 12.4. The Hall–Kier alpha value is -1.19. The summed E-state index contributed by atoms with van der Waals surface area (Å²) >= 11 is 3.33. The van der Waals surface area contributed by atoms with Crippen molar-refractivity contribution in [2.75, 3.05) is 0 Å². The average molecular weight is 262 g/mol. The molecule has 0 unspecified atom stereocenters. The van der Waals surface area contributed by atoms with Gasteiger partial charge in [-0.05, 0) is 56.0 Å². The summed E-state index contributed by atoms with van der Waals surface area (Å²) in [6.45, 7) is 6.08. The van der Waals surface area contributed by atoms with E-state index in [-0.39, 0.29) is 5.78 Å². The van der Waals surface area contributed by atoms with Crippen LogP contribution >= 0.6 is 22.7 Å². The van der Waals surface area contributed by atoms with Gasteiger partial charge in [-0.25, -0.2) is 0 Å². The van der Waals surface area contributed by atoms with Crippen LogP contribution in [0, 0.1) is 20.8 Å². The molecule has 0 saturated heterocycles. The van der Waals surface area contributed by atoms with Crippen molar-refractivity contribution in [1.29, 1.82) is 0 Å². The summed E-state index contributed by atoms with van der Waals surface area (Å²) in [5.41, 5.74) is 2.05. The van der Waals surface area contributed by atoms with E-state index in [0.29, 0.717) is 0 Å². The lowest BCUT2D eigenvalue weighted by molar-refractivity contribution is 0.104. The first-order valence-corrected chi connectivity index (χ1v) is 7.11. The average Bonchev–Trinajstić information content (AvgIpc) is 2.81. The van der Waals surface area contributed by atoms with Gasteiger partial charge in [0.1, 0.15) is 0 Å². The van der Waals surface area contributed by atoms with Gasteiger partial charge in [0, 0.05) is 20.2 Å². The maximum Gasteiger partial charge on any atom is 0.186 e. The summed E-state index contributed by atoms with van der Waals surface area (Å²) < 4.78 is 0. The van der Waals surface area contributed by atoms with E-state index >= 15 is 0 Å². The summed E-state index contributed by atoms with van der Waals surface area (Å²) in [5, 5.41) is 2.04. The highest BCUT2D eigenvalue weighted by Crippen LogP contribution is 2.22. The van der Waals surface area contributed by atoms with Crippen LogP contribution in [0.25, 0.3) is 6.08 Å². The van der Waals surface area contributed by atoms with E-state index in [1.165, 1.54) is 10.4 Å². The van der Waals surface area contributed by atoms with Crippen molar-refractivity contribution in [2.24, 2.45) is 0 Å². The Balaban J connectivity index is 2.20. The standard InChI is InChI=1S/C14H14OS2/c1-9-6-7-16-14(9)5-4-13(15)12-8-10(2)17-11(12)3/h4-8H,1-3H3/b5-4+. The fourth-order valence-corrected chi connectivity index (χ4v) is 3.42. The Morgan fingerprint density at radius 1 is 1.29 bits per heavy atom. The monoisotopic (exact) mass is 262 g/mol. The van der Waals surface area contributed by atoms with Crippen molar-refractivity contribution in [3.8, 4) is 0 Å². The molecule has 0 radical (unpaired) electrons. The van der Waals surface area contributed by atoms with Gasteiger partial charge in [-0.1, -0.05) is 0 Å². The van der Waals surface area contributed by atoms with Crippen LogP contribution in [-0.4, -0.2) is 5.78 Å². The van der Waals surface area contributed by atoms with E-state index in [4.69, 9.17) is 0 Å². The van der Waals surface area contributed by atoms with Gasteiger partial charge in [0.15, 0.2) is 5.78 Å². The van der Waals surface area contributed by atoms with Gasteiger partial charge in [0.05, 0.1) is 0 Å². The van der Waals surface area contributed by atoms with Crippen LogP contribution in [-0.2, 0) is 0 Å². The quantitative estimate of drug-likeness (QED) is 0.582. The van der Waals surface area contributed by atoms with E-state index in [2.05, 4.69) is 13.0 Å². The van der Waals surface area contributed by atoms with Gasteiger partial charge < -0.3 is 0 Å². The topological polar surface area (TPSA) is 17.1 Å². The van der Waals surface area contributed by atoms with Crippen molar-refractivity contribution in [2.45, 2.75) is 20.8 Å². The number of ketones is 1. The van der Waals surface area contributed by atoms with Crippen molar-refractivity contribution >= 4 is 34.5 Å². The van der Waals surface area contributed by atoms with E-state index < -0.39 is 0 Å². The number of carbonyl (C=O) groups is 1. The van der Waals surface area contributed by atoms with E-state index in [1.54, 1.807) is 28.7 Å². The third-order valence-electron chi connectivity index (χ3n) is 2.59. The van der Waals surface area contributed by atoms with Crippen LogP contribution in [0.5, 0.6) is 0 Å². The smallest absolute Gasteiger partial charge is 0.186 e. The van der Waals surface area contributed by atoms with Gasteiger partial charge in [0.25, 0.3) is 0 Å². The minimum absolute atomic E-state index is 0.0969. The van der Waals surface area contributed by atoms with Crippen molar-refractivity contribution in [3.63, 3.8) is 0 Å². The Morgan fingerprint density at radius 2 is 2.06 bits per heavy atom. The molecular weight excluding hydrogens is 248 g/mol. The Kier molecular flexibility index (Phi) is 3.60. The highest BCUT2D eigenvalue weighted by Gasteiger charge is 2.09. The second-order valence-electron chi connectivity index (χ2n) is 3.99. The van der Waals surface area contributed by atoms with Crippen LogP contribution in [0.3, 0.4) is 0 Å². The molecule has 0 atom stereocenters. The maximum atomic E-state index is 12.0. The SMILES string of the molecule is Cc1cc(C(=O)/C=C/c2sccc2C)c(C)s1. The number of thiophene rings is 2. The third-order valence-corrected chi connectivity index (χ3v) is 4.54. The highest BCUT2D eigenvalue weighted by molar-refractivity contribution is 7.12. The summed E-state index contributed by atoms with van der Waals surface area (Å²) in [6, 6.07) is 4.03. The van der Waals surface area contributed by atoms with Crippen LogP contribution in [0.4, 0.5) is 0 Å². The molecule has 0 fully saturated rings. The molecule has 3 heteroatoms. The molecular formula is C14H14OS2. The normalized spacial score (nSPS) is 11.2. The van der Waals surface area contributed by atoms with Crippen molar-refractivity contribution < 1.29 is 4.79 Å². The van der Waals surface area contributed by atoms with Crippen molar-refractivity contribution in [1.82, 2.24) is 0 Å². The lowest BCUT2D eigenvalue weighted by Crippen LogP contribution is -1.93. The molecule has 0 amide bonds. The molecule has 1 nitrogen and oxygen atoms in total. The summed E-state index contributed by atoms with van der Waals surface area (Å²) in [6.07, 6.45) is 3.59. The molecule has 17 heavy (non-hydrogen) atoms. The summed E-state index contributed by atoms with van der Waals surface area (Å²) in [5.74, 6) is 0.0969. The van der Waals surface area contributed by atoms with Gasteiger partial charge in [-0.2, -0.15) is 0 Å². The summed E-state index contributed by atoms with van der Waals surface area (Å²) in [4.78, 5) is 15.4. The van der Waals surface area contributed by atoms with Crippen molar-refractivity contribution in [3.05, 3.63) is 49.3 Å². The molecule has 0 saturated carbocycles. The Bertz CT molecular complexity index is 573. The number of aryl methyl sites for hydroxylation is 3. The van der Waals surface area contributed by atoms with Crippen LogP contribution < -0.4 is 0 Å². The lowest BCUT2D eigenvalue weighted by atomic mass is 10.1. The minimum atomic E-state index is 0.0969. The number of allylic oxidation sites excluding steroid dienone is 1. The summed E-state index contributed by atoms with van der Waals surface area (Å²) in [7, 11) is 0. The predicted octanol–water partition coefficient (Wildman–Crippen LogP) is 4.63. The second-order valence-corrected chi connectivity index (χ2v) is 6.40. The van der Waals surface area contributed by atoms with Crippen LogP contribution in [0.15, 0.2) is 23.6 Å². The maximum absolute atomic E-state index is 12.0. The van der Waals surface area contributed by atoms with Gasteiger partial charge in [-0.15, -0.1) is 22.7 Å². The third kappa shape index (κ3) is 2.73. The molecule has 2 heterocycles. The lowest BCUT2D eigenvalue weighted by Gasteiger charge is -1.93. The van der Waals surface area contributed by atoms with Crippen LogP contribution in [0.2, 0.25) is 0 Å². The molecule has 0 aliphatic carbocycles. The molecule has 0 spiro atoms. The number of carbonyl (C=O) groups excluding carboxylic acids is 1. The fraction of sp³-hybridized carbons (Fsp3) is 0.214. The van der Waals surface area contributed by atoms with E-state index in [9.17, 15) is 4.79 Å². The largest absolute Gasteiger partial charge is 0.289 e. The Labute approximate surface area is 109 Å². The first-order valence-electron chi connectivity index (χ1n) is 5.41. The first-order chi connectivity index (χ1) is 8.08. The Morgan fingerprint density at radius 3 is 2.59 bits per heavy atom. The first kappa shape index (κ1) is 12.3. The van der Waals surface area contributed by atoms with Gasteiger partial charge in [0.2, 0.25) is 0 Å². The molecule has 2 aromatic heterocycles. The zero-order valence-electron chi connectivity index (χ0n) is 10.1. The molecule has 0 aromatic carbocycles. The zero-order valence-corrected chi connectivity index (χ0v) is 11.7. The van der Waals surface area contributed by atoms with E-state index in [0.717, 1.165) is 15.3 Å². The number of hydrogen-bond donors (Lipinski definition) is 0. The molecule has 2 rings (SSSR count). The molecule has 0 aliphatic rings. The van der Waals surface area contributed by atoms with Gasteiger partial charge >= 0.3 is 0 Å². The number of rotatable bonds is 3. The second kappa shape index (κ2) is 4.98.